The predicted octanol–water partition coefficient (Wildman–Crippen LogP) is 6.41. The van der Waals surface area contributed by atoms with Gasteiger partial charge in [0, 0.05) is 24.5 Å². The molecular weight excluding hydrogens is 491 g/mol. The summed E-state index contributed by atoms with van der Waals surface area (Å²) in [6, 6.07) is 17.4. The molecule has 3 aromatic rings. The highest BCUT2D eigenvalue weighted by Gasteiger charge is 2.42. The van der Waals surface area contributed by atoms with Crippen molar-refractivity contribution in [3.05, 3.63) is 86.9 Å². The number of ether oxygens (including phenoxy) is 1. The van der Waals surface area contributed by atoms with E-state index in [1.807, 2.05) is 54.4 Å². The van der Waals surface area contributed by atoms with Gasteiger partial charge >= 0.3 is 5.97 Å². The largest absolute Gasteiger partial charge is 0.465 e. The van der Waals surface area contributed by atoms with Gasteiger partial charge in [-0.1, -0.05) is 77.0 Å². The van der Waals surface area contributed by atoms with Crippen molar-refractivity contribution in [2.45, 2.75) is 25.8 Å². The van der Waals surface area contributed by atoms with Gasteiger partial charge < -0.3 is 9.64 Å². The van der Waals surface area contributed by atoms with Crippen LogP contribution in [-0.2, 0) is 20.9 Å². The number of allylic oxidation sites excluding steroid dienone is 2. The molecule has 0 saturated heterocycles. The number of anilines is 1. The molecule has 0 N–H and O–H groups in total. The van der Waals surface area contributed by atoms with E-state index < -0.39 is 17.8 Å². The van der Waals surface area contributed by atoms with E-state index in [1.165, 1.54) is 11.3 Å². The average molecular weight is 515 g/mol. The Morgan fingerprint density at radius 3 is 2.53 bits per heavy atom. The van der Waals surface area contributed by atoms with E-state index in [2.05, 4.69) is 4.98 Å². The van der Waals surface area contributed by atoms with Crippen LogP contribution in [0.4, 0.5) is 5.13 Å². The maximum Gasteiger partial charge on any atom is 0.317 e. The highest BCUT2D eigenvalue weighted by atomic mass is 35.5. The summed E-state index contributed by atoms with van der Waals surface area (Å²) in [6.45, 7) is 2.58. The second-order valence-electron chi connectivity index (χ2n) is 8.11. The number of hydrogen-bond acceptors (Lipinski definition) is 6. The Labute approximate surface area is 213 Å². The zero-order chi connectivity index (χ0) is 24.2. The molecule has 0 amide bonds. The smallest absolute Gasteiger partial charge is 0.317 e. The number of ketones is 1. The van der Waals surface area contributed by atoms with Crippen LogP contribution in [0.15, 0.2) is 60.7 Å². The molecule has 4 rings (SSSR count). The van der Waals surface area contributed by atoms with Crippen LogP contribution in [-0.4, -0.2) is 30.4 Å². The van der Waals surface area contributed by atoms with Gasteiger partial charge in [0.1, 0.15) is 11.1 Å². The molecule has 0 spiro atoms. The monoisotopic (exact) mass is 514 g/mol. The van der Waals surface area contributed by atoms with Gasteiger partial charge in [-0.25, -0.2) is 4.98 Å². The topological polar surface area (TPSA) is 59.5 Å². The standard InChI is InChI=1S/C26H24Cl2N2O3S/c1-3-33-25(32)22-20(13-18(14-21(22)31)17-9-11-19(27)12-10-17)23-24(28)29-26(34-23)30(2)15-16-7-5-4-6-8-16/h4-12,14,20,22H,3,13,15H2,1-2H3. The molecule has 2 unspecified atom stereocenters. The first-order chi connectivity index (χ1) is 16.4. The fraction of sp³-hybridized carbons (Fsp3) is 0.269. The molecular formula is C26H24Cl2N2O3S. The Bertz CT molecular complexity index is 1210. The number of carbonyl (C=O) groups excluding carboxylic acids is 2. The van der Waals surface area contributed by atoms with E-state index in [-0.39, 0.29) is 12.4 Å². The Morgan fingerprint density at radius 1 is 1.15 bits per heavy atom. The summed E-state index contributed by atoms with van der Waals surface area (Å²) in [4.78, 5) is 33.3. The number of nitrogens with zero attached hydrogens (tertiary/aromatic N) is 2. The van der Waals surface area contributed by atoms with Crippen molar-refractivity contribution < 1.29 is 14.3 Å². The van der Waals surface area contributed by atoms with Crippen LogP contribution in [0.5, 0.6) is 0 Å². The molecule has 0 aliphatic heterocycles. The van der Waals surface area contributed by atoms with Crippen LogP contribution >= 0.6 is 34.5 Å². The van der Waals surface area contributed by atoms with Crippen molar-refractivity contribution in [3.63, 3.8) is 0 Å². The molecule has 2 atom stereocenters. The molecule has 1 aromatic heterocycles. The molecule has 0 saturated carbocycles. The number of rotatable bonds is 7. The van der Waals surface area contributed by atoms with Gasteiger partial charge in [-0.15, -0.1) is 0 Å². The maximum absolute atomic E-state index is 13.2. The van der Waals surface area contributed by atoms with Crippen molar-refractivity contribution in [2.75, 3.05) is 18.6 Å². The van der Waals surface area contributed by atoms with Crippen molar-refractivity contribution in [3.8, 4) is 0 Å². The Morgan fingerprint density at radius 2 is 1.85 bits per heavy atom. The number of thiazole rings is 1. The van der Waals surface area contributed by atoms with Gasteiger partial charge in [0.25, 0.3) is 0 Å². The molecule has 1 aliphatic carbocycles. The molecule has 2 aromatic carbocycles. The lowest BCUT2D eigenvalue weighted by atomic mass is 9.76. The summed E-state index contributed by atoms with van der Waals surface area (Å²) < 4.78 is 5.26. The lowest BCUT2D eigenvalue weighted by Gasteiger charge is -2.28. The predicted molar refractivity (Wildman–Crippen MR) is 138 cm³/mol. The van der Waals surface area contributed by atoms with Crippen LogP contribution in [0, 0.1) is 5.92 Å². The number of hydrogen-bond donors (Lipinski definition) is 0. The third-order valence-electron chi connectivity index (χ3n) is 5.75. The van der Waals surface area contributed by atoms with E-state index >= 15 is 0 Å². The molecule has 176 valence electrons. The highest BCUT2D eigenvalue weighted by Crippen LogP contribution is 2.46. The Kier molecular flexibility index (Phi) is 7.71. The zero-order valence-corrected chi connectivity index (χ0v) is 21.2. The van der Waals surface area contributed by atoms with Crippen molar-refractivity contribution in [2.24, 2.45) is 5.92 Å². The Hall–Kier alpha value is -2.67. The molecule has 34 heavy (non-hydrogen) atoms. The van der Waals surface area contributed by atoms with Gasteiger partial charge in [-0.3, -0.25) is 9.59 Å². The lowest BCUT2D eigenvalue weighted by Crippen LogP contribution is -2.33. The molecule has 1 heterocycles. The first-order valence-electron chi connectivity index (χ1n) is 11.0. The van der Waals surface area contributed by atoms with Crippen LogP contribution in [0.3, 0.4) is 0 Å². The van der Waals surface area contributed by atoms with Gasteiger partial charge in [0.15, 0.2) is 10.9 Å². The number of aromatic nitrogens is 1. The van der Waals surface area contributed by atoms with Gasteiger partial charge in [0.05, 0.1) is 11.5 Å². The van der Waals surface area contributed by atoms with Crippen LogP contribution in [0.2, 0.25) is 10.2 Å². The minimum absolute atomic E-state index is 0.199. The van der Waals surface area contributed by atoms with E-state index in [4.69, 9.17) is 27.9 Å². The van der Waals surface area contributed by atoms with Gasteiger partial charge in [-0.05, 0) is 48.3 Å². The fourth-order valence-corrected chi connectivity index (χ4v) is 5.68. The van der Waals surface area contributed by atoms with Crippen LogP contribution in [0.1, 0.15) is 35.3 Å². The SMILES string of the molecule is CCOC(=O)C1C(=O)C=C(c2ccc(Cl)cc2)CC1c1sc(N(C)Cc2ccccc2)nc1Cl. The normalized spacial score (nSPS) is 17.9. The molecule has 1 aliphatic rings. The molecule has 0 fully saturated rings. The van der Waals surface area contributed by atoms with E-state index in [1.54, 1.807) is 25.1 Å². The van der Waals surface area contributed by atoms with Crippen molar-refractivity contribution in [1.29, 1.82) is 0 Å². The average Bonchev–Trinajstić information content (AvgIpc) is 3.21. The van der Waals surface area contributed by atoms with E-state index in [9.17, 15) is 9.59 Å². The van der Waals surface area contributed by atoms with Gasteiger partial charge in [-0.2, -0.15) is 0 Å². The quantitative estimate of drug-likeness (QED) is 0.269. The second-order valence-corrected chi connectivity index (χ2v) is 9.92. The first kappa shape index (κ1) is 24.5. The summed E-state index contributed by atoms with van der Waals surface area (Å²) >= 11 is 14.1. The van der Waals surface area contributed by atoms with E-state index in [0.717, 1.165) is 21.8 Å². The minimum Gasteiger partial charge on any atom is -0.465 e. The minimum atomic E-state index is -0.957. The van der Waals surface area contributed by atoms with Crippen LogP contribution in [0.25, 0.3) is 5.57 Å². The van der Waals surface area contributed by atoms with Crippen molar-refractivity contribution >= 4 is 57.0 Å². The van der Waals surface area contributed by atoms with Crippen LogP contribution < -0.4 is 4.90 Å². The van der Waals surface area contributed by atoms with E-state index in [0.29, 0.717) is 28.0 Å². The summed E-state index contributed by atoms with van der Waals surface area (Å²) in [5, 5.41) is 1.65. The third-order valence-corrected chi connectivity index (χ3v) is 7.70. The molecule has 5 nitrogen and oxygen atoms in total. The second kappa shape index (κ2) is 10.7. The molecule has 0 bridgehead atoms. The summed E-state index contributed by atoms with van der Waals surface area (Å²) in [6.07, 6.45) is 2.00. The molecule has 0 radical (unpaired) electrons. The highest BCUT2D eigenvalue weighted by molar-refractivity contribution is 7.16. The maximum atomic E-state index is 13.2. The number of halogens is 2. The number of esters is 1. The lowest BCUT2D eigenvalue weighted by molar-refractivity contribution is -0.151. The third kappa shape index (κ3) is 5.35. The zero-order valence-electron chi connectivity index (χ0n) is 18.8. The summed E-state index contributed by atoms with van der Waals surface area (Å²) in [5.74, 6) is -2.25. The van der Waals surface area contributed by atoms with Gasteiger partial charge in [0.2, 0.25) is 0 Å². The first-order valence-corrected chi connectivity index (χ1v) is 12.5. The number of benzene rings is 2. The van der Waals surface area contributed by atoms with Crippen molar-refractivity contribution in [1.82, 2.24) is 4.98 Å². The summed E-state index contributed by atoms with van der Waals surface area (Å²) in [7, 11) is 1.94. The Balaban J connectivity index is 1.68. The fourth-order valence-electron chi connectivity index (χ4n) is 4.11. The number of carbonyl (C=O) groups is 2. The summed E-state index contributed by atoms with van der Waals surface area (Å²) in [5.41, 5.74) is 2.85. The molecule has 8 heteroatoms.